The van der Waals surface area contributed by atoms with Crippen molar-refractivity contribution in [2.24, 2.45) is 0 Å². The van der Waals surface area contributed by atoms with Gasteiger partial charge in [-0.1, -0.05) is 41.6 Å². The number of nitrogens with two attached hydrogens (primary N) is 1. The number of nitrogen functional groups attached to an aromatic ring is 1. The van der Waals surface area contributed by atoms with Crippen LogP contribution in [0.4, 0.5) is 5.69 Å². The molecule has 7 nitrogen and oxygen atoms in total. The summed E-state index contributed by atoms with van der Waals surface area (Å²) in [5.41, 5.74) is 4.04. The molecule has 3 N–H and O–H groups in total. The Bertz CT molecular complexity index is 969. The molecule has 28 heavy (non-hydrogen) atoms. The third-order valence-corrected chi connectivity index (χ3v) is 5.19. The van der Waals surface area contributed by atoms with E-state index in [2.05, 4.69) is 15.5 Å². The van der Waals surface area contributed by atoms with Crippen molar-refractivity contribution < 1.29 is 9.53 Å². The minimum Gasteiger partial charge on any atom is -0.497 e. The van der Waals surface area contributed by atoms with E-state index in [1.807, 2.05) is 56.3 Å². The van der Waals surface area contributed by atoms with Gasteiger partial charge in [0.1, 0.15) is 5.75 Å². The van der Waals surface area contributed by atoms with Crippen LogP contribution in [0.15, 0.2) is 47.6 Å². The maximum atomic E-state index is 12.3. The summed E-state index contributed by atoms with van der Waals surface area (Å²) in [6.45, 7) is 3.99. The summed E-state index contributed by atoms with van der Waals surface area (Å²) in [5.74, 6) is 7.61. The number of amides is 1. The highest BCUT2D eigenvalue weighted by atomic mass is 32.2. The molecule has 0 unspecified atom stereocenters. The highest BCUT2D eigenvalue weighted by Crippen LogP contribution is 2.20. The number of aryl methyl sites for hydroxylation is 2. The predicted octanol–water partition coefficient (Wildman–Crippen LogP) is 2.94. The van der Waals surface area contributed by atoms with Crippen LogP contribution >= 0.6 is 11.8 Å². The molecule has 0 atom stereocenters. The van der Waals surface area contributed by atoms with Gasteiger partial charge in [0.25, 0.3) is 0 Å². The second-order valence-electron chi connectivity index (χ2n) is 6.45. The number of hydrogen-bond donors (Lipinski definition) is 2. The van der Waals surface area contributed by atoms with Gasteiger partial charge in [-0.3, -0.25) is 4.79 Å². The largest absolute Gasteiger partial charge is 0.497 e. The van der Waals surface area contributed by atoms with E-state index in [9.17, 15) is 4.79 Å². The fourth-order valence-corrected chi connectivity index (χ4v) is 3.40. The number of rotatable bonds is 7. The van der Waals surface area contributed by atoms with Crippen LogP contribution < -0.4 is 15.9 Å². The van der Waals surface area contributed by atoms with Crippen LogP contribution in [0.3, 0.4) is 0 Å². The average molecular weight is 398 g/mol. The SMILES string of the molecule is COc1ccc(Cc2nnc(SCC(=O)Nc3ccc(C)cc3C)n2N)cc1. The molecule has 2 aromatic carbocycles. The number of nitrogens with zero attached hydrogens (tertiary/aromatic N) is 3. The molecule has 3 aromatic rings. The zero-order valence-corrected chi connectivity index (χ0v) is 16.9. The van der Waals surface area contributed by atoms with Crippen LogP contribution in [0.25, 0.3) is 0 Å². The lowest BCUT2D eigenvalue weighted by Crippen LogP contribution is -2.17. The van der Waals surface area contributed by atoms with Crippen LogP contribution in [-0.2, 0) is 11.2 Å². The Kier molecular flexibility index (Phi) is 6.20. The molecular weight excluding hydrogens is 374 g/mol. The second kappa shape index (κ2) is 8.79. The van der Waals surface area contributed by atoms with Crippen molar-refractivity contribution in [2.75, 3.05) is 24.0 Å². The molecule has 0 aliphatic heterocycles. The quantitative estimate of drug-likeness (QED) is 0.470. The lowest BCUT2D eigenvalue weighted by atomic mass is 10.1. The van der Waals surface area contributed by atoms with Crippen LogP contribution in [0.5, 0.6) is 5.75 Å². The molecule has 0 fully saturated rings. The molecule has 1 amide bonds. The van der Waals surface area contributed by atoms with Gasteiger partial charge in [-0.25, -0.2) is 4.68 Å². The zero-order valence-electron chi connectivity index (χ0n) is 16.1. The van der Waals surface area contributed by atoms with Crippen molar-refractivity contribution in [3.63, 3.8) is 0 Å². The van der Waals surface area contributed by atoms with Gasteiger partial charge in [-0.2, -0.15) is 0 Å². The number of ether oxygens (including phenoxy) is 1. The summed E-state index contributed by atoms with van der Waals surface area (Å²) in [4.78, 5) is 12.3. The van der Waals surface area contributed by atoms with Gasteiger partial charge in [-0.05, 0) is 43.2 Å². The number of benzene rings is 2. The van der Waals surface area contributed by atoms with E-state index >= 15 is 0 Å². The van der Waals surface area contributed by atoms with Crippen LogP contribution in [0, 0.1) is 13.8 Å². The molecule has 0 saturated heterocycles. The van der Waals surface area contributed by atoms with E-state index in [-0.39, 0.29) is 11.7 Å². The third-order valence-electron chi connectivity index (χ3n) is 4.24. The number of anilines is 1. The van der Waals surface area contributed by atoms with E-state index in [1.165, 1.54) is 16.4 Å². The lowest BCUT2D eigenvalue weighted by molar-refractivity contribution is -0.113. The van der Waals surface area contributed by atoms with E-state index < -0.39 is 0 Å². The average Bonchev–Trinajstić information content (AvgIpc) is 3.02. The Morgan fingerprint density at radius 3 is 2.61 bits per heavy atom. The molecule has 3 rings (SSSR count). The van der Waals surface area contributed by atoms with Gasteiger partial charge >= 0.3 is 0 Å². The summed E-state index contributed by atoms with van der Waals surface area (Å²) in [6.07, 6.45) is 0.544. The Morgan fingerprint density at radius 1 is 1.18 bits per heavy atom. The molecule has 0 aliphatic carbocycles. The summed E-state index contributed by atoms with van der Waals surface area (Å²) >= 11 is 1.25. The standard InChI is InChI=1S/C20H23N5O2S/c1-13-4-9-17(14(2)10-13)22-19(26)12-28-20-24-23-18(25(20)21)11-15-5-7-16(27-3)8-6-15/h4-10H,11-12,21H2,1-3H3,(H,22,26). The number of aromatic nitrogens is 3. The van der Waals surface area contributed by atoms with Crippen LogP contribution in [-0.4, -0.2) is 33.6 Å². The predicted molar refractivity (Wildman–Crippen MR) is 111 cm³/mol. The molecule has 1 heterocycles. The minimum absolute atomic E-state index is 0.114. The number of carbonyl (C=O) groups is 1. The van der Waals surface area contributed by atoms with Crippen molar-refractivity contribution >= 4 is 23.4 Å². The van der Waals surface area contributed by atoms with E-state index in [1.54, 1.807) is 7.11 Å². The molecule has 1 aromatic heterocycles. The van der Waals surface area contributed by atoms with Crippen LogP contribution in [0.1, 0.15) is 22.5 Å². The molecular formula is C20H23N5O2S. The Morgan fingerprint density at radius 2 is 1.93 bits per heavy atom. The summed E-state index contributed by atoms with van der Waals surface area (Å²) in [6, 6.07) is 13.6. The summed E-state index contributed by atoms with van der Waals surface area (Å²) < 4.78 is 6.59. The monoisotopic (exact) mass is 397 g/mol. The molecule has 0 radical (unpaired) electrons. The van der Waals surface area contributed by atoms with Crippen molar-refractivity contribution in [1.82, 2.24) is 14.9 Å². The van der Waals surface area contributed by atoms with E-state index in [0.29, 0.717) is 17.4 Å². The fourth-order valence-electron chi connectivity index (χ4n) is 2.72. The van der Waals surface area contributed by atoms with Crippen molar-refractivity contribution in [3.05, 3.63) is 65.0 Å². The summed E-state index contributed by atoms with van der Waals surface area (Å²) in [5, 5.41) is 11.7. The first-order chi connectivity index (χ1) is 13.5. The van der Waals surface area contributed by atoms with Gasteiger partial charge in [0.15, 0.2) is 5.82 Å². The minimum atomic E-state index is -0.114. The van der Waals surface area contributed by atoms with Gasteiger partial charge in [0.05, 0.1) is 12.9 Å². The first-order valence-electron chi connectivity index (χ1n) is 8.78. The van der Waals surface area contributed by atoms with E-state index in [0.717, 1.165) is 28.1 Å². The maximum Gasteiger partial charge on any atom is 0.234 e. The van der Waals surface area contributed by atoms with Gasteiger partial charge in [0, 0.05) is 12.1 Å². The first kappa shape index (κ1) is 19.8. The Hall–Kier alpha value is -3.00. The fraction of sp³-hybridized carbons (Fsp3) is 0.250. The Labute approximate surface area is 168 Å². The van der Waals surface area contributed by atoms with Crippen molar-refractivity contribution in [2.45, 2.75) is 25.4 Å². The molecule has 0 saturated carbocycles. The van der Waals surface area contributed by atoms with E-state index in [4.69, 9.17) is 10.6 Å². The van der Waals surface area contributed by atoms with Crippen LogP contribution in [0.2, 0.25) is 0 Å². The van der Waals surface area contributed by atoms with Gasteiger partial charge in [0.2, 0.25) is 11.1 Å². The topological polar surface area (TPSA) is 95.1 Å². The normalized spacial score (nSPS) is 10.7. The summed E-state index contributed by atoms with van der Waals surface area (Å²) in [7, 11) is 1.63. The number of thioether (sulfide) groups is 1. The third kappa shape index (κ3) is 4.83. The zero-order chi connectivity index (χ0) is 20.1. The number of methoxy groups -OCH3 is 1. The number of nitrogens with one attached hydrogen (secondary N) is 1. The van der Waals surface area contributed by atoms with Crippen molar-refractivity contribution in [1.29, 1.82) is 0 Å². The number of hydrogen-bond acceptors (Lipinski definition) is 6. The lowest BCUT2D eigenvalue weighted by Gasteiger charge is -2.09. The molecule has 0 spiro atoms. The second-order valence-corrected chi connectivity index (χ2v) is 7.39. The smallest absolute Gasteiger partial charge is 0.234 e. The number of carbonyl (C=O) groups excluding carboxylic acids is 1. The molecule has 146 valence electrons. The van der Waals surface area contributed by atoms with Gasteiger partial charge < -0.3 is 15.9 Å². The molecule has 0 aliphatic rings. The highest BCUT2D eigenvalue weighted by Gasteiger charge is 2.13. The highest BCUT2D eigenvalue weighted by molar-refractivity contribution is 7.99. The van der Waals surface area contributed by atoms with Gasteiger partial charge in [-0.15, -0.1) is 10.2 Å². The molecule has 8 heteroatoms. The first-order valence-corrected chi connectivity index (χ1v) is 9.77. The maximum absolute atomic E-state index is 12.3. The van der Waals surface area contributed by atoms with Crippen molar-refractivity contribution in [3.8, 4) is 5.75 Å². The Balaban J connectivity index is 1.58. The molecule has 0 bridgehead atoms.